The second-order valence-electron chi connectivity index (χ2n) is 3.37. The van der Waals surface area contributed by atoms with Crippen molar-refractivity contribution in [3.8, 4) is 0 Å². The molecule has 5 heteroatoms. The van der Waals surface area contributed by atoms with Crippen LogP contribution in [0.15, 0.2) is 0 Å². The maximum atomic E-state index is 10.6. The van der Waals surface area contributed by atoms with Gasteiger partial charge in [0.15, 0.2) is 0 Å². The van der Waals surface area contributed by atoms with Crippen molar-refractivity contribution in [2.75, 3.05) is 6.61 Å². The van der Waals surface area contributed by atoms with Gasteiger partial charge in [-0.05, 0) is 25.2 Å². The summed E-state index contributed by atoms with van der Waals surface area (Å²) in [4.78, 5) is 10.6. The molecule has 0 aromatic carbocycles. The molecular formula is C8H14AcO4. The van der Waals surface area contributed by atoms with Crippen molar-refractivity contribution in [1.29, 1.82) is 0 Å². The zero-order valence-corrected chi connectivity index (χ0v) is 12.1. The molecule has 13 heavy (non-hydrogen) atoms. The molecule has 0 heterocycles. The molecule has 1 fully saturated rings. The summed E-state index contributed by atoms with van der Waals surface area (Å²) in [5.41, 5.74) is 0. The molecular weight excluding hydrogens is 387 g/mol. The van der Waals surface area contributed by atoms with Gasteiger partial charge < -0.3 is 15.3 Å². The molecule has 3 unspecified atom stereocenters. The predicted octanol–water partition coefficient (Wildman–Crippen LogP) is -0.160. The predicted molar refractivity (Wildman–Crippen MR) is 41.6 cm³/mol. The van der Waals surface area contributed by atoms with Crippen LogP contribution in [0.5, 0.6) is 0 Å². The number of carboxylic acids is 1. The van der Waals surface area contributed by atoms with Gasteiger partial charge in [-0.3, -0.25) is 4.79 Å². The molecule has 0 aromatic heterocycles. The number of aliphatic hydroxyl groups excluding tert-OH is 2. The number of carboxylic acid groups (broad SMARTS) is 1. The molecule has 0 amide bonds. The molecule has 1 aliphatic rings. The van der Waals surface area contributed by atoms with E-state index >= 15 is 0 Å². The molecule has 4 nitrogen and oxygen atoms in total. The smallest absolute Gasteiger partial charge is 0.309 e. The van der Waals surface area contributed by atoms with Crippen LogP contribution in [0.25, 0.3) is 0 Å². The van der Waals surface area contributed by atoms with Gasteiger partial charge >= 0.3 is 5.97 Å². The quantitative estimate of drug-likeness (QED) is 0.601. The Bertz CT molecular complexity index is 174. The summed E-state index contributed by atoms with van der Waals surface area (Å²) in [5, 5.41) is 26.8. The summed E-state index contributed by atoms with van der Waals surface area (Å²) >= 11 is 0. The third kappa shape index (κ3) is 3.83. The molecule has 73 valence electrons. The zero-order valence-electron chi connectivity index (χ0n) is 7.39. The second kappa shape index (κ2) is 6.34. The average molecular weight is 401 g/mol. The second-order valence-corrected chi connectivity index (χ2v) is 3.37. The minimum absolute atomic E-state index is 0. The minimum atomic E-state index is -0.958. The van der Waals surface area contributed by atoms with Crippen LogP contribution in [0.1, 0.15) is 19.3 Å². The molecule has 3 N–H and O–H groups in total. The molecule has 0 bridgehead atoms. The number of aliphatic hydroxyl groups is 2. The Hall–Kier alpha value is 0.832. The van der Waals surface area contributed by atoms with Gasteiger partial charge in [-0.25, -0.2) is 0 Å². The maximum Gasteiger partial charge on any atom is 0.309 e. The van der Waals surface area contributed by atoms with E-state index in [1.54, 1.807) is 0 Å². The third-order valence-corrected chi connectivity index (χ3v) is 2.50. The number of hydrogen-bond acceptors (Lipinski definition) is 3. The fraction of sp³-hybridized carbons (Fsp3) is 0.875. The van der Waals surface area contributed by atoms with Gasteiger partial charge in [0.2, 0.25) is 0 Å². The van der Waals surface area contributed by atoms with Crippen LogP contribution in [0, 0.1) is 55.9 Å². The van der Waals surface area contributed by atoms with E-state index in [0.29, 0.717) is 12.8 Å². The van der Waals surface area contributed by atoms with Crippen molar-refractivity contribution in [3.05, 3.63) is 0 Å². The Kier molecular flexibility index (Phi) is 6.75. The Balaban J connectivity index is 0.00000144. The molecule has 0 aliphatic heterocycles. The van der Waals surface area contributed by atoms with E-state index in [9.17, 15) is 9.90 Å². The Labute approximate surface area is 113 Å². The van der Waals surface area contributed by atoms with E-state index in [0.717, 1.165) is 6.42 Å². The van der Waals surface area contributed by atoms with Gasteiger partial charge in [-0.15, -0.1) is 0 Å². The first kappa shape index (κ1) is 13.8. The summed E-state index contributed by atoms with van der Waals surface area (Å²) in [5.74, 6) is -1.59. The minimum Gasteiger partial charge on any atom is -0.481 e. The van der Waals surface area contributed by atoms with E-state index in [-0.39, 0.29) is 56.6 Å². The zero-order chi connectivity index (χ0) is 9.14. The first-order valence-electron chi connectivity index (χ1n) is 4.17. The Morgan fingerprint density at radius 1 is 1.38 bits per heavy atom. The van der Waals surface area contributed by atoms with Crippen LogP contribution in [0.4, 0.5) is 0 Å². The Morgan fingerprint density at radius 3 is 2.46 bits per heavy atom. The van der Waals surface area contributed by atoms with E-state index in [4.69, 9.17) is 10.2 Å². The fourth-order valence-corrected chi connectivity index (χ4v) is 1.67. The summed E-state index contributed by atoms with van der Waals surface area (Å²) < 4.78 is 0. The standard InChI is InChI=1S/C8H14O4.Ac/c9-4-5-1-2-7(10)6(3-5)8(11)12;/h5-7,9-10H,1-4H2,(H,11,12);. The summed E-state index contributed by atoms with van der Waals surface area (Å²) in [6.07, 6.45) is 0.877. The SMILES string of the molecule is O=C(O)C1CC(CO)CCC1O.[Ac]. The molecule has 1 rings (SSSR count). The van der Waals surface area contributed by atoms with Crippen LogP contribution in [-0.4, -0.2) is 34.0 Å². The number of aliphatic carboxylic acids is 1. The van der Waals surface area contributed by atoms with Crippen molar-refractivity contribution >= 4 is 5.97 Å². The van der Waals surface area contributed by atoms with Gasteiger partial charge in [0.25, 0.3) is 0 Å². The Morgan fingerprint density at radius 2 is 2.00 bits per heavy atom. The van der Waals surface area contributed by atoms with Gasteiger partial charge in [0.1, 0.15) is 0 Å². The van der Waals surface area contributed by atoms with E-state index < -0.39 is 18.0 Å². The fourth-order valence-electron chi connectivity index (χ4n) is 1.67. The number of carbonyl (C=O) groups is 1. The largest absolute Gasteiger partial charge is 0.481 e. The van der Waals surface area contributed by atoms with Gasteiger partial charge in [-0.2, -0.15) is 0 Å². The topological polar surface area (TPSA) is 77.8 Å². The van der Waals surface area contributed by atoms with Crippen LogP contribution >= 0.6 is 0 Å². The summed E-state index contributed by atoms with van der Waals surface area (Å²) in [7, 11) is 0. The first-order valence-corrected chi connectivity index (χ1v) is 4.17. The molecule has 1 saturated carbocycles. The summed E-state index contributed by atoms with van der Waals surface area (Å²) in [6.45, 7) is 0.0243. The first-order chi connectivity index (χ1) is 5.65. The van der Waals surface area contributed by atoms with Crippen molar-refractivity contribution < 1.29 is 64.2 Å². The van der Waals surface area contributed by atoms with E-state index in [2.05, 4.69) is 0 Å². The number of rotatable bonds is 2. The molecule has 3 atom stereocenters. The molecule has 1 aliphatic carbocycles. The number of hydrogen-bond donors (Lipinski definition) is 3. The van der Waals surface area contributed by atoms with Crippen LogP contribution in [0.2, 0.25) is 0 Å². The van der Waals surface area contributed by atoms with Gasteiger partial charge in [-0.1, -0.05) is 0 Å². The van der Waals surface area contributed by atoms with Crippen molar-refractivity contribution in [3.63, 3.8) is 0 Å². The maximum absolute atomic E-state index is 10.6. The normalized spacial score (nSPS) is 33.5. The molecule has 1 radical (unpaired) electrons. The van der Waals surface area contributed by atoms with E-state index in [1.807, 2.05) is 0 Å². The molecule has 0 saturated heterocycles. The van der Waals surface area contributed by atoms with Crippen LogP contribution in [-0.2, 0) is 4.79 Å². The van der Waals surface area contributed by atoms with Crippen LogP contribution < -0.4 is 0 Å². The third-order valence-electron chi connectivity index (χ3n) is 2.50. The summed E-state index contributed by atoms with van der Waals surface area (Å²) in [6, 6.07) is 0. The molecule has 0 spiro atoms. The molecule has 0 aromatic rings. The average Bonchev–Trinajstić information content (AvgIpc) is 2.05. The monoisotopic (exact) mass is 401 g/mol. The van der Waals surface area contributed by atoms with Crippen molar-refractivity contribution in [1.82, 2.24) is 0 Å². The van der Waals surface area contributed by atoms with Gasteiger partial charge in [0, 0.05) is 50.7 Å². The van der Waals surface area contributed by atoms with E-state index in [1.165, 1.54) is 0 Å². The van der Waals surface area contributed by atoms with Gasteiger partial charge in [0.05, 0.1) is 12.0 Å². The van der Waals surface area contributed by atoms with Crippen molar-refractivity contribution in [2.24, 2.45) is 11.8 Å². The van der Waals surface area contributed by atoms with Crippen molar-refractivity contribution in [2.45, 2.75) is 25.4 Å². The van der Waals surface area contributed by atoms with Crippen LogP contribution in [0.3, 0.4) is 0 Å².